The van der Waals surface area contributed by atoms with Gasteiger partial charge in [-0.15, -0.1) is 5.10 Å². The summed E-state index contributed by atoms with van der Waals surface area (Å²) in [4.78, 5) is 11.8. The highest BCUT2D eigenvalue weighted by atomic mass is 32.2. The van der Waals surface area contributed by atoms with E-state index in [-0.39, 0.29) is 17.2 Å². The van der Waals surface area contributed by atoms with Crippen LogP contribution in [0.25, 0.3) is 5.69 Å². The number of hydrogen-bond donors (Lipinski definition) is 1. The molecule has 2 aromatic rings. The van der Waals surface area contributed by atoms with Gasteiger partial charge >= 0.3 is 0 Å². The Balaban J connectivity index is 2.02. The third-order valence-corrected chi connectivity index (χ3v) is 3.21. The molecular weight excluding hydrogens is 274 g/mol. The van der Waals surface area contributed by atoms with Crippen molar-refractivity contribution in [2.45, 2.75) is 31.5 Å². The van der Waals surface area contributed by atoms with Crippen molar-refractivity contribution in [3.63, 3.8) is 0 Å². The van der Waals surface area contributed by atoms with Crippen LogP contribution in [0.2, 0.25) is 0 Å². The van der Waals surface area contributed by atoms with Crippen molar-refractivity contribution in [3.05, 3.63) is 30.3 Å². The lowest BCUT2D eigenvalue weighted by Crippen LogP contribution is -2.41. The van der Waals surface area contributed by atoms with E-state index in [0.717, 1.165) is 5.69 Å². The maximum Gasteiger partial charge on any atom is 0.230 e. The number of nitrogens with zero attached hydrogens (tertiary/aromatic N) is 4. The van der Waals surface area contributed by atoms with Crippen LogP contribution in [-0.2, 0) is 4.79 Å². The van der Waals surface area contributed by atoms with E-state index in [0.29, 0.717) is 5.16 Å². The molecule has 1 amide bonds. The molecule has 0 bridgehead atoms. The minimum atomic E-state index is -0.233. The highest BCUT2D eigenvalue weighted by Crippen LogP contribution is 2.17. The van der Waals surface area contributed by atoms with Gasteiger partial charge in [0.2, 0.25) is 11.1 Å². The van der Waals surface area contributed by atoms with Gasteiger partial charge in [-0.3, -0.25) is 4.79 Å². The van der Waals surface area contributed by atoms with Crippen molar-refractivity contribution in [2.24, 2.45) is 0 Å². The molecule has 0 atom stereocenters. The molecule has 2 rings (SSSR count). The Bertz CT molecular complexity index is 576. The first-order chi connectivity index (χ1) is 9.46. The molecule has 7 heteroatoms. The molecule has 0 saturated heterocycles. The fourth-order valence-electron chi connectivity index (χ4n) is 1.58. The molecule has 0 fully saturated rings. The maximum atomic E-state index is 11.8. The van der Waals surface area contributed by atoms with Crippen molar-refractivity contribution >= 4 is 17.7 Å². The van der Waals surface area contributed by atoms with Crippen LogP contribution in [0.1, 0.15) is 20.8 Å². The molecule has 0 spiro atoms. The highest BCUT2D eigenvalue weighted by molar-refractivity contribution is 7.99. The van der Waals surface area contributed by atoms with Gasteiger partial charge in [-0.05, 0) is 43.3 Å². The minimum Gasteiger partial charge on any atom is -0.351 e. The van der Waals surface area contributed by atoms with Gasteiger partial charge in [-0.25, -0.2) is 0 Å². The van der Waals surface area contributed by atoms with Crippen molar-refractivity contribution < 1.29 is 4.79 Å². The smallest absolute Gasteiger partial charge is 0.230 e. The molecule has 0 saturated carbocycles. The quantitative estimate of drug-likeness (QED) is 0.867. The number of benzene rings is 1. The topological polar surface area (TPSA) is 72.7 Å². The monoisotopic (exact) mass is 291 g/mol. The predicted molar refractivity (Wildman–Crippen MR) is 77.8 cm³/mol. The van der Waals surface area contributed by atoms with Gasteiger partial charge in [0.05, 0.1) is 11.4 Å². The fraction of sp³-hybridized carbons (Fsp3) is 0.385. The molecule has 0 aliphatic carbocycles. The summed E-state index contributed by atoms with van der Waals surface area (Å²) < 4.78 is 1.62. The van der Waals surface area contributed by atoms with Crippen molar-refractivity contribution in [1.82, 2.24) is 25.5 Å². The summed E-state index contributed by atoms with van der Waals surface area (Å²) in [6, 6.07) is 9.58. The molecule has 20 heavy (non-hydrogen) atoms. The summed E-state index contributed by atoms with van der Waals surface area (Å²) in [6.45, 7) is 5.84. The van der Waals surface area contributed by atoms with Crippen LogP contribution in [0.4, 0.5) is 0 Å². The van der Waals surface area contributed by atoms with Gasteiger partial charge in [0.25, 0.3) is 0 Å². The Labute approximate surface area is 121 Å². The average molecular weight is 291 g/mol. The molecule has 1 aromatic carbocycles. The van der Waals surface area contributed by atoms with Crippen LogP contribution in [0.3, 0.4) is 0 Å². The second-order valence-corrected chi connectivity index (χ2v) is 6.24. The number of tetrazole rings is 1. The number of amides is 1. The first-order valence-corrected chi connectivity index (χ1v) is 7.22. The number of rotatable bonds is 4. The van der Waals surface area contributed by atoms with Crippen LogP contribution >= 0.6 is 11.8 Å². The SMILES string of the molecule is CC(C)(C)NC(=O)CSc1nnnn1-c1ccccc1. The number of carbonyl (C=O) groups excluding carboxylic acids is 1. The first-order valence-electron chi connectivity index (χ1n) is 6.23. The van der Waals surface area contributed by atoms with E-state index >= 15 is 0 Å². The summed E-state index contributed by atoms with van der Waals surface area (Å²) in [7, 11) is 0. The Morgan fingerprint density at radius 3 is 2.65 bits per heavy atom. The molecule has 0 radical (unpaired) electrons. The zero-order valence-electron chi connectivity index (χ0n) is 11.7. The number of aromatic nitrogens is 4. The van der Waals surface area contributed by atoms with E-state index in [4.69, 9.17) is 0 Å². The fourth-order valence-corrected chi connectivity index (χ4v) is 2.28. The van der Waals surface area contributed by atoms with E-state index < -0.39 is 0 Å². The normalized spacial score (nSPS) is 11.3. The number of nitrogens with one attached hydrogen (secondary N) is 1. The summed E-state index contributed by atoms with van der Waals surface area (Å²) >= 11 is 1.31. The van der Waals surface area contributed by atoms with Gasteiger partial charge in [0.15, 0.2) is 0 Å². The van der Waals surface area contributed by atoms with Crippen LogP contribution in [0.5, 0.6) is 0 Å². The Kier molecular flexibility index (Phi) is 4.39. The van der Waals surface area contributed by atoms with Crippen LogP contribution in [0.15, 0.2) is 35.5 Å². The van der Waals surface area contributed by atoms with Crippen molar-refractivity contribution in [1.29, 1.82) is 0 Å². The average Bonchev–Trinajstić information content (AvgIpc) is 2.83. The molecule has 1 heterocycles. The van der Waals surface area contributed by atoms with Crippen molar-refractivity contribution in [2.75, 3.05) is 5.75 Å². The van der Waals surface area contributed by atoms with Crippen LogP contribution in [-0.4, -0.2) is 37.4 Å². The van der Waals surface area contributed by atoms with Crippen molar-refractivity contribution in [3.8, 4) is 5.69 Å². The molecule has 0 aliphatic rings. The van der Waals surface area contributed by atoms with Gasteiger partial charge in [0, 0.05) is 5.54 Å². The molecule has 6 nitrogen and oxygen atoms in total. The standard InChI is InChI=1S/C13H17N5OS/c1-13(2,3)14-11(19)9-20-12-15-16-17-18(12)10-7-5-4-6-8-10/h4-8H,9H2,1-3H3,(H,14,19). The van der Waals surface area contributed by atoms with Gasteiger partial charge in [0.1, 0.15) is 0 Å². The second kappa shape index (κ2) is 6.04. The number of thioether (sulfide) groups is 1. The van der Waals surface area contributed by atoms with E-state index in [1.54, 1.807) is 4.68 Å². The summed E-state index contributed by atoms with van der Waals surface area (Å²) in [5.74, 6) is 0.245. The van der Waals surface area contributed by atoms with E-state index in [9.17, 15) is 4.79 Å². The molecule has 106 valence electrons. The molecule has 1 aromatic heterocycles. The van der Waals surface area contributed by atoms with Crippen LogP contribution < -0.4 is 5.32 Å². The zero-order chi connectivity index (χ0) is 14.6. The number of carbonyl (C=O) groups is 1. The number of hydrogen-bond acceptors (Lipinski definition) is 5. The highest BCUT2D eigenvalue weighted by Gasteiger charge is 2.16. The van der Waals surface area contributed by atoms with Gasteiger partial charge < -0.3 is 5.32 Å². The van der Waals surface area contributed by atoms with Gasteiger partial charge in [-0.1, -0.05) is 30.0 Å². The largest absolute Gasteiger partial charge is 0.351 e. The van der Waals surface area contributed by atoms with E-state index in [1.807, 2.05) is 51.1 Å². The Morgan fingerprint density at radius 2 is 2.00 bits per heavy atom. The first kappa shape index (κ1) is 14.5. The lowest BCUT2D eigenvalue weighted by atomic mass is 10.1. The Morgan fingerprint density at radius 1 is 1.30 bits per heavy atom. The zero-order valence-corrected chi connectivity index (χ0v) is 12.5. The third-order valence-electron chi connectivity index (χ3n) is 2.29. The van der Waals surface area contributed by atoms with E-state index in [2.05, 4.69) is 20.8 Å². The predicted octanol–water partition coefficient (Wildman–Crippen LogP) is 1.67. The molecule has 1 N–H and O–H groups in total. The summed E-state index contributed by atoms with van der Waals surface area (Å²) in [5.41, 5.74) is 0.638. The minimum absolute atomic E-state index is 0.0369. The molecule has 0 unspecified atom stereocenters. The van der Waals surface area contributed by atoms with E-state index in [1.165, 1.54) is 11.8 Å². The Hall–Kier alpha value is -1.89. The van der Waals surface area contributed by atoms with Gasteiger partial charge in [-0.2, -0.15) is 4.68 Å². The third kappa shape index (κ3) is 4.06. The van der Waals surface area contributed by atoms with Crippen LogP contribution in [0, 0.1) is 0 Å². The summed E-state index contributed by atoms with van der Waals surface area (Å²) in [5, 5.41) is 15.0. The maximum absolute atomic E-state index is 11.8. The number of para-hydroxylation sites is 1. The second-order valence-electron chi connectivity index (χ2n) is 5.30. The molecular formula is C13H17N5OS. The summed E-state index contributed by atoms with van der Waals surface area (Å²) in [6.07, 6.45) is 0. The lowest BCUT2D eigenvalue weighted by molar-refractivity contribution is -0.119. The molecule has 0 aliphatic heterocycles. The lowest BCUT2D eigenvalue weighted by Gasteiger charge is -2.20.